The fourth-order valence-corrected chi connectivity index (χ4v) is 2.05. The molecule has 2 N–H and O–H groups in total. The van der Waals surface area contributed by atoms with E-state index in [2.05, 4.69) is 0 Å². The van der Waals surface area contributed by atoms with Crippen LogP contribution >= 0.6 is 0 Å². The van der Waals surface area contributed by atoms with Crippen molar-refractivity contribution in [1.29, 1.82) is 0 Å². The minimum atomic E-state index is -1.26. The number of aryl methyl sites for hydroxylation is 1. The third-order valence-electron chi connectivity index (χ3n) is 3.28. The highest BCUT2D eigenvalue weighted by Crippen LogP contribution is 2.31. The van der Waals surface area contributed by atoms with Crippen molar-refractivity contribution in [2.24, 2.45) is 7.05 Å². The predicted octanol–water partition coefficient (Wildman–Crippen LogP) is 1.51. The number of benzene rings is 1. The number of hydrogen-bond acceptors (Lipinski definition) is 2. The van der Waals surface area contributed by atoms with Gasteiger partial charge in [0.1, 0.15) is 5.41 Å². The van der Waals surface area contributed by atoms with Gasteiger partial charge in [0.2, 0.25) is 0 Å². The van der Waals surface area contributed by atoms with Crippen LogP contribution in [0.2, 0.25) is 0 Å². The van der Waals surface area contributed by atoms with Crippen LogP contribution in [0.5, 0.6) is 0 Å². The Morgan fingerprint density at radius 3 is 2.65 bits per heavy atom. The first-order valence-corrected chi connectivity index (χ1v) is 5.39. The molecule has 1 heterocycles. The third kappa shape index (κ3) is 1.61. The van der Waals surface area contributed by atoms with E-state index >= 15 is 0 Å². The molecule has 0 bridgehead atoms. The SMILES string of the molecule is Cn1cc(C(C)(CO)C(=O)O)c2ccccc21. The summed E-state index contributed by atoms with van der Waals surface area (Å²) in [4.78, 5) is 11.3. The van der Waals surface area contributed by atoms with Gasteiger partial charge in [-0.2, -0.15) is 0 Å². The molecule has 0 saturated carbocycles. The van der Waals surface area contributed by atoms with E-state index in [-0.39, 0.29) is 0 Å². The zero-order valence-corrected chi connectivity index (χ0v) is 9.84. The molecule has 1 unspecified atom stereocenters. The largest absolute Gasteiger partial charge is 0.481 e. The third-order valence-corrected chi connectivity index (χ3v) is 3.28. The molecule has 0 radical (unpaired) electrons. The Morgan fingerprint density at radius 2 is 2.06 bits per heavy atom. The molecule has 17 heavy (non-hydrogen) atoms. The lowest BCUT2D eigenvalue weighted by molar-refractivity contribution is -0.144. The predicted molar refractivity (Wildman–Crippen MR) is 65.0 cm³/mol. The van der Waals surface area contributed by atoms with Gasteiger partial charge in [0.05, 0.1) is 6.61 Å². The van der Waals surface area contributed by atoms with Crippen molar-refractivity contribution in [1.82, 2.24) is 4.57 Å². The summed E-state index contributed by atoms with van der Waals surface area (Å²) in [6.45, 7) is 1.12. The quantitative estimate of drug-likeness (QED) is 0.844. The highest BCUT2D eigenvalue weighted by atomic mass is 16.4. The Bertz CT molecular complexity index is 573. The van der Waals surface area contributed by atoms with E-state index in [1.165, 1.54) is 6.92 Å². The molecule has 1 aromatic carbocycles. The van der Waals surface area contributed by atoms with Gasteiger partial charge in [-0.3, -0.25) is 4.79 Å². The van der Waals surface area contributed by atoms with Gasteiger partial charge in [-0.05, 0) is 18.6 Å². The Kier molecular flexibility index (Phi) is 2.67. The summed E-state index contributed by atoms with van der Waals surface area (Å²) in [7, 11) is 1.87. The van der Waals surface area contributed by atoms with Crippen molar-refractivity contribution in [3.05, 3.63) is 36.0 Å². The number of para-hydroxylation sites is 1. The van der Waals surface area contributed by atoms with E-state index in [0.717, 1.165) is 10.9 Å². The lowest BCUT2D eigenvalue weighted by Crippen LogP contribution is -2.36. The van der Waals surface area contributed by atoms with Crippen LogP contribution in [-0.4, -0.2) is 27.4 Å². The summed E-state index contributed by atoms with van der Waals surface area (Å²) in [5.41, 5.74) is 0.343. The van der Waals surface area contributed by atoms with E-state index in [4.69, 9.17) is 0 Å². The first-order chi connectivity index (χ1) is 8.00. The molecule has 0 aliphatic heterocycles. The van der Waals surface area contributed by atoms with Crippen molar-refractivity contribution in [3.8, 4) is 0 Å². The monoisotopic (exact) mass is 233 g/mol. The molecule has 0 amide bonds. The van der Waals surface area contributed by atoms with Crippen LogP contribution in [0.25, 0.3) is 10.9 Å². The number of hydrogen-bond donors (Lipinski definition) is 2. The Morgan fingerprint density at radius 1 is 1.41 bits per heavy atom. The average Bonchev–Trinajstić information content (AvgIpc) is 2.67. The summed E-state index contributed by atoms with van der Waals surface area (Å²) in [6.07, 6.45) is 1.77. The van der Waals surface area contributed by atoms with E-state index in [9.17, 15) is 15.0 Å². The molecule has 2 rings (SSSR count). The number of fused-ring (bicyclic) bond motifs is 1. The van der Waals surface area contributed by atoms with Gasteiger partial charge < -0.3 is 14.8 Å². The van der Waals surface area contributed by atoms with E-state index in [1.54, 1.807) is 6.20 Å². The lowest BCUT2D eigenvalue weighted by Gasteiger charge is -2.21. The molecule has 0 spiro atoms. The second-order valence-electron chi connectivity index (χ2n) is 4.47. The smallest absolute Gasteiger partial charge is 0.316 e. The van der Waals surface area contributed by atoms with Crippen molar-refractivity contribution in [3.63, 3.8) is 0 Å². The van der Waals surface area contributed by atoms with Gasteiger partial charge in [-0.15, -0.1) is 0 Å². The van der Waals surface area contributed by atoms with Crippen LogP contribution in [0.3, 0.4) is 0 Å². The van der Waals surface area contributed by atoms with Gasteiger partial charge in [0.15, 0.2) is 0 Å². The lowest BCUT2D eigenvalue weighted by atomic mass is 9.83. The molecule has 0 aliphatic carbocycles. The Balaban J connectivity index is 2.75. The minimum absolute atomic E-state index is 0.420. The number of aromatic nitrogens is 1. The number of aliphatic carboxylic acids is 1. The summed E-state index contributed by atoms with van der Waals surface area (Å²) >= 11 is 0. The molecular formula is C13H15NO3. The van der Waals surface area contributed by atoms with E-state index in [1.807, 2.05) is 35.9 Å². The number of rotatable bonds is 3. The highest BCUT2D eigenvalue weighted by Gasteiger charge is 2.37. The second-order valence-corrected chi connectivity index (χ2v) is 4.47. The van der Waals surface area contributed by atoms with Crippen LogP contribution in [0.15, 0.2) is 30.5 Å². The maximum absolute atomic E-state index is 11.3. The first kappa shape index (κ1) is 11.7. The average molecular weight is 233 g/mol. The number of aliphatic hydroxyl groups is 1. The van der Waals surface area contributed by atoms with Crippen molar-refractivity contribution in [2.45, 2.75) is 12.3 Å². The molecule has 4 nitrogen and oxygen atoms in total. The number of carbonyl (C=O) groups is 1. The van der Waals surface area contributed by atoms with Crippen molar-refractivity contribution in [2.75, 3.05) is 6.61 Å². The van der Waals surface area contributed by atoms with Crippen LogP contribution in [0.1, 0.15) is 12.5 Å². The minimum Gasteiger partial charge on any atom is -0.481 e. The zero-order valence-electron chi connectivity index (χ0n) is 9.84. The molecule has 4 heteroatoms. The number of carboxylic acids is 1. The molecule has 0 saturated heterocycles. The van der Waals surface area contributed by atoms with E-state index < -0.39 is 18.0 Å². The standard InChI is InChI=1S/C13H15NO3/c1-13(8-15,12(16)17)10-7-14(2)11-6-4-3-5-9(10)11/h3-7,15H,8H2,1-2H3,(H,16,17). The van der Waals surface area contributed by atoms with Crippen LogP contribution in [0, 0.1) is 0 Å². The summed E-state index contributed by atoms with van der Waals surface area (Å²) < 4.78 is 1.88. The van der Waals surface area contributed by atoms with Crippen LogP contribution < -0.4 is 0 Å². The summed E-state index contributed by atoms with van der Waals surface area (Å²) in [5.74, 6) is -1.02. The Labute approximate surface area is 99.1 Å². The highest BCUT2D eigenvalue weighted by molar-refractivity contribution is 5.92. The van der Waals surface area contributed by atoms with Crippen LogP contribution in [0.4, 0.5) is 0 Å². The fourth-order valence-electron chi connectivity index (χ4n) is 2.05. The number of aliphatic hydroxyl groups excluding tert-OH is 1. The van der Waals surface area contributed by atoms with Gasteiger partial charge in [0, 0.05) is 24.1 Å². The molecule has 2 aromatic rings. The second kappa shape index (κ2) is 3.89. The van der Waals surface area contributed by atoms with E-state index in [0.29, 0.717) is 5.56 Å². The summed E-state index contributed by atoms with van der Waals surface area (Å²) in [6, 6.07) is 7.58. The van der Waals surface area contributed by atoms with Crippen molar-refractivity contribution >= 4 is 16.9 Å². The molecule has 0 aliphatic rings. The zero-order chi connectivity index (χ0) is 12.6. The molecular weight excluding hydrogens is 218 g/mol. The Hall–Kier alpha value is -1.81. The van der Waals surface area contributed by atoms with Gasteiger partial charge in [0.25, 0.3) is 0 Å². The van der Waals surface area contributed by atoms with Gasteiger partial charge in [-0.25, -0.2) is 0 Å². The van der Waals surface area contributed by atoms with Gasteiger partial charge >= 0.3 is 5.97 Å². The molecule has 0 fully saturated rings. The normalized spacial score (nSPS) is 14.8. The molecule has 1 aromatic heterocycles. The maximum Gasteiger partial charge on any atom is 0.316 e. The molecule has 1 atom stereocenters. The summed E-state index contributed by atoms with van der Waals surface area (Å²) in [5, 5.41) is 19.5. The topological polar surface area (TPSA) is 62.5 Å². The number of nitrogens with zero attached hydrogens (tertiary/aromatic N) is 1. The fraction of sp³-hybridized carbons (Fsp3) is 0.308. The maximum atomic E-state index is 11.3. The number of carboxylic acid groups (broad SMARTS) is 1. The van der Waals surface area contributed by atoms with Crippen molar-refractivity contribution < 1.29 is 15.0 Å². The van der Waals surface area contributed by atoms with Crippen LogP contribution in [-0.2, 0) is 17.3 Å². The first-order valence-electron chi connectivity index (χ1n) is 5.39. The van der Waals surface area contributed by atoms with Gasteiger partial charge in [-0.1, -0.05) is 18.2 Å². The molecule has 90 valence electrons.